The summed E-state index contributed by atoms with van der Waals surface area (Å²) in [4.78, 5) is 17.5. The van der Waals surface area contributed by atoms with Crippen molar-refractivity contribution in [2.75, 3.05) is 11.1 Å². The Kier molecular flexibility index (Phi) is 3.78. The standard InChI is InChI=1S/C18H18N6/c19-16-9-17(22-11-21-16)23-14-7-4-8-15-13(14)10-20-18(24-15)12-5-2-1-3-6-12/h1-3,5-6,9-11,14H,4,7-8H2,(H3,19,21,22,23)/t14-/m0/s1. The van der Waals surface area contributed by atoms with Gasteiger partial charge in [-0.15, -0.1) is 0 Å². The maximum atomic E-state index is 5.73. The first kappa shape index (κ1) is 14.6. The topological polar surface area (TPSA) is 89.6 Å². The van der Waals surface area contributed by atoms with Gasteiger partial charge in [0.05, 0.1) is 6.04 Å². The first-order valence-corrected chi connectivity index (χ1v) is 8.05. The van der Waals surface area contributed by atoms with Gasteiger partial charge in [0.15, 0.2) is 5.82 Å². The summed E-state index contributed by atoms with van der Waals surface area (Å²) in [6.07, 6.45) is 6.48. The highest BCUT2D eigenvalue weighted by Crippen LogP contribution is 2.31. The van der Waals surface area contributed by atoms with Crippen LogP contribution in [0.25, 0.3) is 11.4 Å². The maximum Gasteiger partial charge on any atom is 0.159 e. The Bertz CT molecular complexity index is 849. The van der Waals surface area contributed by atoms with E-state index in [-0.39, 0.29) is 6.04 Å². The van der Waals surface area contributed by atoms with Gasteiger partial charge in [0.25, 0.3) is 0 Å². The largest absolute Gasteiger partial charge is 0.384 e. The summed E-state index contributed by atoms with van der Waals surface area (Å²) in [5, 5.41) is 3.43. The van der Waals surface area contributed by atoms with Gasteiger partial charge < -0.3 is 11.1 Å². The summed E-state index contributed by atoms with van der Waals surface area (Å²) in [7, 11) is 0. The van der Waals surface area contributed by atoms with Crippen LogP contribution >= 0.6 is 0 Å². The molecule has 6 heteroatoms. The second-order valence-corrected chi connectivity index (χ2v) is 5.88. The zero-order chi connectivity index (χ0) is 16.4. The van der Waals surface area contributed by atoms with Gasteiger partial charge in [-0.3, -0.25) is 0 Å². The molecule has 0 spiro atoms. The number of hydrogen-bond acceptors (Lipinski definition) is 6. The molecular weight excluding hydrogens is 300 g/mol. The molecule has 0 bridgehead atoms. The van der Waals surface area contributed by atoms with Gasteiger partial charge in [0.1, 0.15) is 18.0 Å². The van der Waals surface area contributed by atoms with E-state index in [1.807, 2.05) is 36.5 Å². The molecule has 4 rings (SSSR count). The Balaban J connectivity index is 1.63. The molecule has 6 nitrogen and oxygen atoms in total. The average molecular weight is 318 g/mol. The molecule has 0 radical (unpaired) electrons. The quantitative estimate of drug-likeness (QED) is 0.771. The van der Waals surface area contributed by atoms with E-state index in [9.17, 15) is 0 Å². The molecule has 0 saturated heterocycles. The molecule has 2 heterocycles. The van der Waals surface area contributed by atoms with Crippen molar-refractivity contribution in [2.24, 2.45) is 0 Å². The van der Waals surface area contributed by atoms with Crippen molar-refractivity contribution in [3.8, 4) is 11.4 Å². The van der Waals surface area contributed by atoms with Crippen LogP contribution in [0, 0.1) is 0 Å². The highest BCUT2D eigenvalue weighted by Gasteiger charge is 2.22. The average Bonchev–Trinajstić information content (AvgIpc) is 2.62. The molecule has 1 atom stereocenters. The van der Waals surface area contributed by atoms with Crippen molar-refractivity contribution in [1.29, 1.82) is 0 Å². The number of aromatic nitrogens is 4. The SMILES string of the molecule is Nc1cc(N[C@H]2CCCc3nc(-c4ccccc4)ncc32)ncn1. The summed E-state index contributed by atoms with van der Waals surface area (Å²) in [5.41, 5.74) is 9.01. The number of anilines is 2. The third-order valence-corrected chi connectivity index (χ3v) is 4.22. The molecule has 0 unspecified atom stereocenters. The van der Waals surface area contributed by atoms with Crippen molar-refractivity contribution in [3.05, 3.63) is 60.2 Å². The Morgan fingerprint density at radius 1 is 1.08 bits per heavy atom. The molecule has 3 N–H and O–H groups in total. The van der Waals surface area contributed by atoms with Crippen LogP contribution in [0.15, 0.2) is 48.9 Å². The van der Waals surface area contributed by atoms with E-state index >= 15 is 0 Å². The monoisotopic (exact) mass is 318 g/mol. The van der Waals surface area contributed by atoms with Crippen LogP contribution in [0.5, 0.6) is 0 Å². The van der Waals surface area contributed by atoms with Crippen LogP contribution in [-0.4, -0.2) is 19.9 Å². The smallest absolute Gasteiger partial charge is 0.159 e. The molecule has 24 heavy (non-hydrogen) atoms. The number of nitrogens with one attached hydrogen (secondary N) is 1. The number of nitrogens with zero attached hydrogens (tertiary/aromatic N) is 4. The highest BCUT2D eigenvalue weighted by molar-refractivity contribution is 5.55. The molecule has 120 valence electrons. The second kappa shape index (κ2) is 6.23. The van der Waals surface area contributed by atoms with E-state index in [2.05, 4.69) is 20.3 Å². The maximum absolute atomic E-state index is 5.73. The third kappa shape index (κ3) is 2.90. The fourth-order valence-electron chi connectivity index (χ4n) is 3.05. The van der Waals surface area contributed by atoms with Crippen molar-refractivity contribution in [1.82, 2.24) is 19.9 Å². The van der Waals surface area contributed by atoms with Crippen LogP contribution in [0.2, 0.25) is 0 Å². The molecule has 3 aromatic rings. The minimum absolute atomic E-state index is 0.146. The summed E-state index contributed by atoms with van der Waals surface area (Å²) >= 11 is 0. The zero-order valence-electron chi connectivity index (χ0n) is 13.2. The van der Waals surface area contributed by atoms with E-state index in [1.54, 1.807) is 6.07 Å². The van der Waals surface area contributed by atoms with Crippen LogP contribution in [0.4, 0.5) is 11.6 Å². The molecule has 1 aliphatic rings. The Labute approximate surface area is 140 Å². The van der Waals surface area contributed by atoms with Crippen LogP contribution in [0.3, 0.4) is 0 Å². The number of benzene rings is 1. The normalized spacial score (nSPS) is 16.4. The second-order valence-electron chi connectivity index (χ2n) is 5.88. The van der Waals surface area contributed by atoms with Crippen molar-refractivity contribution < 1.29 is 0 Å². The Morgan fingerprint density at radius 2 is 1.96 bits per heavy atom. The lowest BCUT2D eigenvalue weighted by molar-refractivity contribution is 0.583. The first-order chi connectivity index (χ1) is 11.8. The molecule has 0 fully saturated rings. The molecule has 1 aromatic carbocycles. The highest BCUT2D eigenvalue weighted by atomic mass is 15.1. The van der Waals surface area contributed by atoms with Gasteiger partial charge in [0, 0.05) is 29.1 Å². The molecule has 0 saturated carbocycles. The van der Waals surface area contributed by atoms with Gasteiger partial charge in [0.2, 0.25) is 0 Å². The number of nitrogens with two attached hydrogens (primary N) is 1. The van der Waals surface area contributed by atoms with E-state index in [4.69, 9.17) is 10.7 Å². The molecule has 0 aliphatic heterocycles. The fraction of sp³-hybridized carbons (Fsp3) is 0.222. The van der Waals surface area contributed by atoms with Gasteiger partial charge in [-0.05, 0) is 19.3 Å². The number of nitrogen functional groups attached to an aromatic ring is 1. The van der Waals surface area contributed by atoms with E-state index in [0.717, 1.165) is 47.7 Å². The van der Waals surface area contributed by atoms with Crippen molar-refractivity contribution in [2.45, 2.75) is 25.3 Å². The Morgan fingerprint density at radius 3 is 2.79 bits per heavy atom. The van der Waals surface area contributed by atoms with Crippen LogP contribution < -0.4 is 11.1 Å². The number of hydrogen-bond donors (Lipinski definition) is 2. The zero-order valence-corrected chi connectivity index (χ0v) is 13.2. The minimum atomic E-state index is 0.146. The van der Waals surface area contributed by atoms with Gasteiger partial charge >= 0.3 is 0 Å². The van der Waals surface area contributed by atoms with Crippen molar-refractivity contribution in [3.63, 3.8) is 0 Å². The molecular formula is C18H18N6. The van der Waals surface area contributed by atoms with E-state index < -0.39 is 0 Å². The predicted molar refractivity (Wildman–Crippen MR) is 93.2 cm³/mol. The number of aryl methyl sites for hydroxylation is 1. The lowest BCUT2D eigenvalue weighted by Gasteiger charge is -2.26. The third-order valence-electron chi connectivity index (χ3n) is 4.22. The number of rotatable bonds is 3. The van der Waals surface area contributed by atoms with E-state index in [1.165, 1.54) is 6.33 Å². The first-order valence-electron chi connectivity index (χ1n) is 8.05. The van der Waals surface area contributed by atoms with Crippen LogP contribution in [-0.2, 0) is 6.42 Å². The summed E-state index contributed by atoms with van der Waals surface area (Å²) in [6, 6.07) is 12.0. The van der Waals surface area contributed by atoms with Gasteiger partial charge in [-0.25, -0.2) is 19.9 Å². The van der Waals surface area contributed by atoms with Crippen molar-refractivity contribution >= 4 is 11.6 Å². The summed E-state index contributed by atoms with van der Waals surface area (Å²) in [6.45, 7) is 0. The summed E-state index contributed by atoms with van der Waals surface area (Å²) in [5.74, 6) is 1.97. The van der Waals surface area contributed by atoms with Gasteiger partial charge in [-0.1, -0.05) is 30.3 Å². The molecule has 0 amide bonds. The van der Waals surface area contributed by atoms with E-state index in [0.29, 0.717) is 5.82 Å². The molecule has 1 aliphatic carbocycles. The molecule has 2 aromatic heterocycles. The van der Waals surface area contributed by atoms with Gasteiger partial charge in [-0.2, -0.15) is 0 Å². The minimum Gasteiger partial charge on any atom is -0.384 e. The van der Waals surface area contributed by atoms with Crippen LogP contribution in [0.1, 0.15) is 30.1 Å². The number of fused-ring (bicyclic) bond motifs is 1. The Hall–Kier alpha value is -3.02. The fourth-order valence-corrected chi connectivity index (χ4v) is 3.05. The summed E-state index contributed by atoms with van der Waals surface area (Å²) < 4.78 is 0. The lowest BCUT2D eigenvalue weighted by atomic mass is 9.92. The lowest BCUT2D eigenvalue weighted by Crippen LogP contribution is -2.20. The predicted octanol–water partition coefficient (Wildman–Crippen LogP) is 3.01.